The third-order valence-electron chi connectivity index (χ3n) is 3.37. The molecular weight excluding hydrogens is 226 g/mol. The van der Waals surface area contributed by atoms with Crippen molar-refractivity contribution in [2.24, 2.45) is 5.92 Å². The quantitative estimate of drug-likeness (QED) is 0.820. The van der Waals surface area contributed by atoms with Crippen LogP contribution in [0.3, 0.4) is 0 Å². The van der Waals surface area contributed by atoms with Crippen LogP contribution in [0.1, 0.15) is 32.8 Å². The fraction of sp³-hybridized carbons (Fsp3) is 0.600. The van der Waals surface area contributed by atoms with Gasteiger partial charge in [-0.2, -0.15) is 0 Å². The number of benzene rings is 1. The van der Waals surface area contributed by atoms with Gasteiger partial charge in [0.15, 0.2) is 0 Å². The number of thioether (sulfide) groups is 1. The molecule has 1 saturated heterocycles. The minimum Gasteiger partial charge on any atom is -0.316 e. The van der Waals surface area contributed by atoms with Gasteiger partial charge in [0.05, 0.1) is 0 Å². The Morgan fingerprint density at radius 1 is 1.24 bits per heavy atom. The van der Waals surface area contributed by atoms with E-state index in [9.17, 15) is 0 Å². The van der Waals surface area contributed by atoms with Crippen molar-refractivity contribution in [1.29, 1.82) is 0 Å². The maximum absolute atomic E-state index is 3.42. The SMILES string of the molecule is CC(C)(C)c1ccc(SCC2CCNC2)cc1. The van der Waals surface area contributed by atoms with Crippen molar-refractivity contribution < 1.29 is 0 Å². The standard InChI is InChI=1S/C15H23NS/c1-15(2,3)13-4-6-14(7-5-13)17-11-12-8-9-16-10-12/h4-7,12,16H,8-11H2,1-3H3. The van der Waals surface area contributed by atoms with E-state index in [-0.39, 0.29) is 5.41 Å². The van der Waals surface area contributed by atoms with Crippen molar-refractivity contribution >= 4 is 11.8 Å². The van der Waals surface area contributed by atoms with Crippen LogP contribution in [0.4, 0.5) is 0 Å². The predicted molar refractivity (Wildman–Crippen MR) is 76.8 cm³/mol. The van der Waals surface area contributed by atoms with Crippen LogP contribution in [-0.4, -0.2) is 18.8 Å². The lowest BCUT2D eigenvalue weighted by Crippen LogP contribution is -2.11. The summed E-state index contributed by atoms with van der Waals surface area (Å²) in [6, 6.07) is 9.09. The summed E-state index contributed by atoms with van der Waals surface area (Å²) in [5.41, 5.74) is 1.68. The molecule has 1 N–H and O–H groups in total. The van der Waals surface area contributed by atoms with Gasteiger partial charge < -0.3 is 5.32 Å². The van der Waals surface area contributed by atoms with E-state index in [1.165, 1.54) is 35.7 Å². The highest BCUT2D eigenvalue weighted by Gasteiger charge is 2.15. The van der Waals surface area contributed by atoms with Crippen LogP contribution in [0.2, 0.25) is 0 Å². The topological polar surface area (TPSA) is 12.0 Å². The van der Waals surface area contributed by atoms with Gasteiger partial charge in [-0.25, -0.2) is 0 Å². The van der Waals surface area contributed by atoms with E-state index in [0.29, 0.717) is 0 Å². The third kappa shape index (κ3) is 3.75. The molecule has 0 aromatic heterocycles. The first kappa shape index (κ1) is 13.0. The van der Waals surface area contributed by atoms with Crippen LogP contribution in [0, 0.1) is 5.92 Å². The zero-order chi connectivity index (χ0) is 12.3. The van der Waals surface area contributed by atoms with Gasteiger partial charge >= 0.3 is 0 Å². The van der Waals surface area contributed by atoms with E-state index in [0.717, 1.165) is 5.92 Å². The zero-order valence-corrected chi connectivity index (χ0v) is 11.9. The second-order valence-corrected chi connectivity index (χ2v) is 7.04. The lowest BCUT2D eigenvalue weighted by molar-refractivity contribution is 0.589. The van der Waals surface area contributed by atoms with E-state index < -0.39 is 0 Å². The summed E-state index contributed by atoms with van der Waals surface area (Å²) in [7, 11) is 0. The molecule has 1 nitrogen and oxygen atoms in total. The van der Waals surface area contributed by atoms with Crippen LogP contribution in [-0.2, 0) is 5.41 Å². The molecule has 1 unspecified atom stereocenters. The third-order valence-corrected chi connectivity index (χ3v) is 4.61. The van der Waals surface area contributed by atoms with E-state index in [1.807, 2.05) is 11.8 Å². The van der Waals surface area contributed by atoms with Gasteiger partial charge in [0.2, 0.25) is 0 Å². The van der Waals surface area contributed by atoms with Crippen molar-refractivity contribution in [3.05, 3.63) is 29.8 Å². The zero-order valence-electron chi connectivity index (χ0n) is 11.1. The van der Waals surface area contributed by atoms with Crippen molar-refractivity contribution in [1.82, 2.24) is 5.32 Å². The van der Waals surface area contributed by atoms with Gasteiger partial charge in [0.1, 0.15) is 0 Å². The Morgan fingerprint density at radius 3 is 2.47 bits per heavy atom. The molecule has 0 spiro atoms. The molecule has 1 aromatic carbocycles. The Bertz CT molecular complexity index is 344. The second kappa shape index (κ2) is 5.45. The summed E-state index contributed by atoms with van der Waals surface area (Å²) in [5, 5.41) is 3.42. The maximum atomic E-state index is 3.42. The van der Waals surface area contributed by atoms with Crippen LogP contribution in [0.5, 0.6) is 0 Å². The Morgan fingerprint density at radius 2 is 1.94 bits per heavy atom. The summed E-state index contributed by atoms with van der Waals surface area (Å²) >= 11 is 2.00. The molecule has 1 aliphatic heterocycles. The fourth-order valence-electron chi connectivity index (χ4n) is 2.12. The lowest BCUT2D eigenvalue weighted by Gasteiger charge is -2.19. The average molecular weight is 249 g/mol. The molecule has 2 heteroatoms. The molecule has 1 atom stereocenters. The van der Waals surface area contributed by atoms with Crippen LogP contribution >= 0.6 is 11.8 Å². The van der Waals surface area contributed by atoms with Crippen molar-refractivity contribution in [2.75, 3.05) is 18.8 Å². The number of hydrogen-bond acceptors (Lipinski definition) is 2. The van der Waals surface area contributed by atoms with E-state index in [1.54, 1.807) is 0 Å². The minimum absolute atomic E-state index is 0.262. The molecule has 1 aliphatic rings. The summed E-state index contributed by atoms with van der Waals surface area (Å²) in [6.45, 7) is 9.19. The molecule has 1 fully saturated rings. The van der Waals surface area contributed by atoms with Gasteiger partial charge in [0.25, 0.3) is 0 Å². The largest absolute Gasteiger partial charge is 0.316 e. The Labute approximate surface area is 109 Å². The van der Waals surface area contributed by atoms with Crippen LogP contribution in [0.15, 0.2) is 29.2 Å². The minimum atomic E-state index is 0.262. The molecule has 1 heterocycles. The monoisotopic (exact) mass is 249 g/mol. The number of rotatable bonds is 3. The molecule has 0 aliphatic carbocycles. The fourth-order valence-corrected chi connectivity index (χ4v) is 3.16. The van der Waals surface area contributed by atoms with Gasteiger partial charge in [-0.05, 0) is 48.5 Å². The maximum Gasteiger partial charge on any atom is 0.00722 e. The first-order valence-corrected chi connectivity index (χ1v) is 7.48. The van der Waals surface area contributed by atoms with Crippen molar-refractivity contribution in [2.45, 2.75) is 37.5 Å². The second-order valence-electron chi connectivity index (χ2n) is 5.94. The normalized spacial score (nSPS) is 20.8. The Balaban J connectivity index is 1.89. The first-order valence-electron chi connectivity index (χ1n) is 6.50. The summed E-state index contributed by atoms with van der Waals surface area (Å²) < 4.78 is 0. The average Bonchev–Trinajstić information content (AvgIpc) is 2.78. The number of hydrogen-bond donors (Lipinski definition) is 1. The highest BCUT2D eigenvalue weighted by Crippen LogP contribution is 2.27. The highest BCUT2D eigenvalue weighted by molar-refractivity contribution is 7.99. The number of nitrogens with one attached hydrogen (secondary N) is 1. The van der Waals surface area contributed by atoms with Crippen LogP contribution in [0.25, 0.3) is 0 Å². The molecular formula is C15H23NS. The molecule has 0 radical (unpaired) electrons. The van der Waals surface area contributed by atoms with Gasteiger partial charge in [0, 0.05) is 10.6 Å². The summed E-state index contributed by atoms with van der Waals surface area (Å²) in [5.74, 6) is 2.12. The Hall–Kier alpha value is -0.470. The molecule has 0 amide bonds. The smallest absolute Gasteiger partial charge is 0.00722 e. The molecule has 17 heavy (non-hydrogen) atoms. The first-order chi connectivity index (χ1) is 8.05. The van der Waals surface area contributed by atoms with Gasteiger partial charge in [-0.3, -0.25) is 0 Å². The Kier molecular flexibility index (Phi) is 4.16. The molecule has 1 aromatic rings. The predicted octanol–water partition coefficient (Wildman–Crippen LogP) is 3.69. The summed E-state index contributed by atoms with van der Waals surface area (Å²) in [6.07, 6.45) is 1.34. The van der Waals surface area contributed by atoms with E-state index in [2.05, 4.69) is 50.4 Å². The molecule has 0 saturated carbocycles. The van der Waals surface area contributed by atoms with Crippen LogP contribution < -0.4 is 5.32 Å². The van der Waals surface area contributed by atoms with E-state index >= 15 is 0 Å². The van der Waals surface area contributed by atoms with Gasteiger partial charge in [-0.15, -0.1) is 11.8 Å². The van der Waals surface area contributed by atoms with Crippen molar-refractivity contribution in [3.63, 3.8) is 0 Å². The molecule has 2 rings (SSSR count). The van der Waals surface area contributed by atoms with E-state index in [4.69, 9.17) is 0 Å². The lowest BCUT2D eigenvalue weighted by atomic mass is 9.87. The highest BCUT2D eigenvalue weighted by atomic mass is 32.2. The molecule has 94 valence electrons. The molecule has 0 bridgehead atoms. The van der Waals surface area contributed by atoms with Gasteiger partial charge in [-0.1, -0.05) is 32.9 Å². The summed E-state index contributed by atoms with van der Waals surface area (Å²) in [4.78, 5) is 1.41. The van der Waals surface area contributed by atoms with Crippen molar-refractivity contribution in [3.8, 4) is 0 Å².